The smallest absolute Gasteiger partial charge is 0.337 e. The van der Waals surface area contributed by atoms with Crippen molar-refractivity contribution in [3.63, 3.8) is 0 Å². The molecule has 1 aromatic rings. The van der Waals surface area contributed by atoms with Crippen LogP contribution in [0.5, 0.6) is 0 Å². The third-order valence-electron chi connectivity index (χ3n) is 2.09. The molecule has 0 radical (unpaired) electrons. The Hall–Kier alpha value is -1.22. The summed E-state index contributed by atoms with van der Waals surface area (Å²) < 4.78 is 0. The summed E-state index contributed by atoms with van der Waals surface area (Å²) in [6.07, 6.45) is 0.753. The van der Waals surface area contributed by atoms with Crippen LogP contribution in [0.2, 0.25) is 5.02 Å². The van der Waals surface area contributed by atoms with Gasteiger partial charge >= 0.3 is 5.97 Å². The largest absolute Gasteiger partial charge is 0.478 e. The van der Waals surface area contributed by atoms with Crippen molar-refractivity contribution in [2.24, 2.45) is 5.92 Å². The fraction of sp³-hybridized carbons (Fsp3) is 0.364. The molecule has 0 saturated heterocycles. The third kappa shape index (κ3) is 2.86. The lowest BCUT2D eigenvalue weighted by Gasteiger charge is -2.10. The summed E-state index contributed by atoms with van der Waals surface area (Å²) in [5.41, 5.74) is 7.27. The molecule has 0 aliphatic rings. The van der Waals surface area contributed by atoms with Crippen LogP contribution in [0.4, 0.5) is 5.69 Å². The van der Waals surface area contributed by atoms with E-state index in [-0.39, 0.29) is 10.6 Å². The van der Waals surface area contributed by atoms with Crippen LogP contribution in [0.3, 0.4) is 0 Å². The zero-order valence-electron chi connectivity index (χ0n) is 8.75. The van der Waals surface area contributed by atoms with E-state index >= 15 is 0 Å². The molecule has 0 heterocycles. The predicted molar refractivity (Wildman–Crippen MR) is 61.4 cm³/mol. The van der Waals surface area contributed by atoms with Gasteiger partial charge in [-0.25, -0.2) is 4.79 Å². The van der Waals surface area contributed by atoms with Crippen LogP contribution in [-0.2, 0) is 6.42 Å². The minimum absolute atomic E-state index is 0.113. The quantitative estimate of drug-likeness (QED) is 0.781. The number of anilines is 1. The number of halogens is 1. The maximum atomic E-state index is 10.8. The Labute approximate surface area is 93.9 Å². The van der Waals surface area contributed by atoms with Crippen molar-refractivity contribution in [2.45, 2.75) is 20.3 Å². The highest BCUT2D eigenvalue weighted by Crippen LogP contribution is 2.25. The summed E-state index contributed by atoms with van der Waals surface area (Å²) in [5, 5.41) is 9.08. The number of hydrogen-bond acceptors (Lipinski definition) is 2. The molecule has 0 bridgehead atoms. The van der Waals surface area contributed by atoms with Gasteiger partial charge in [-0.3, -0.25) is 0 Å². The topological polar surface area (TPSA) is 63.3 Å². The van der Waals surface area contributed by atoms with E-state index in [1.54, 1.807) is 6.07 Å². The Kier molecular flexibility index (Phi) is 3.58. The number of carboxylic acids is 1. The van der Waals surface area contributed by atoms with Crippen molar-refractivity contribution in [1.82, 2.24) is 0 Å². The number of benzene rings is 1. The molecule has 4 heteroatoms. The first-order valence-electron chi connectivity index (χ1n) is 4.73. The highest BCUT2D eigenvalue weighted by atomic mass is 35.5. The number of carbonyl (C=O) groups is 1. The molecule has 3 N–H and O–H groups in total. The molecule has 0 unspecified atom stereocenters. The zero-order valence-corrected chi connectivity index (χ0v) is 9.51. The summed E-state index contributed by atoms with van der Waals surface area (Å²) in [6.45, 7) is 4.10. The van der Waals surface area contributed by atoms with Crippen molar-refractivity contribution in [3.05, 3.63) is 28.3 Å². The van der Waals surface area contributed by atoms with Crippen LogP contribution in [0.1, 0.15) is 29.8 Å². The van der Waals surface area contributed by atoms with Crippen LogP contribution >= 0.6 is 11.6 Å². The van der Waals surface area contributed by atoms with Crippen LogP contribution in [0.25, 0.3) is 0 Å². The maximum absolute atomic E-state index is 10.8. The first-order chi connectivity index (χ1) is 6.91. The number of nitrogens with two attached hydrogens (primary N) is 1. The fourth-order valence-electron chi connectivity index (χ4n) is 1.41. The molecule has 0 aromatic heterocycles. The first-order valence-corrected chi connectivity index (χ1v) is 5.10. The number of hydrogen-bond donors (Lipinski definition) is 2. The molecule has 0 saturated carbocycles. The summed E-state index contributed by atoms with van der Waals surface area (Å²) >= 11 is 5.77. The minimum Gasteiger partial charge on any atom is -0.478 e. The highest BCUT2D eigenvalue weighted by molar-refractivity contribution is 6.33. The lowest BCUT2D eigenvalue weighted by molar-refractivity contribution is 0.0697. The van der Waals surface area contributed by atoms with Crippen molar-refractivity contribution in [1.29, 1.82) is 0 Å². The monoisotopic (exact) mass is 227 g/mol. The van der Waals surface area contributed by atoms with Gasteiger partial charge in [-0.2, -0.15) is 0 Å². The molecule has 15 heavy (non-hydrogen) atoms. The van der Waals surface area contributed by atoms with Gasteiger partial charge in [-0.1, -0.05) is 25.4 Å². The van der Waals surface area contributed by atoms with Crippen molar-refractivity contribution < 1.29 is 9.90 Å². The van der Waals surface area contributed by atoms with Crippen molar-refractivity contribution in [2.75, 3.05) is 5.73 Å². The molecule has 0 aliphatic heterocycles. The summed E-state index contributed by atoms with van der Waals surface area (Å²) in [5.74, 6) is -0.597. The second-order valence-corrected chi connectivity index (χ2v) is 4.34. The van der Waals surface area contributed by atoms with Gasteiger partial charge in [0.15, 0.2) is 0 Å². The molecule has 0 aliphatic carbocycles. The number of carboxylic acid groups (broad SMARTS) is 1. The van der Waals surface area contributed by atoms with Gasteiger partial charge in [0.05, 0.1) is 10.6 Å². The van der Waals surface area contributed by atoms with Crippen LogP contribution < -0.4 is 5.73 Å². The van der Waals surface area contributed by atoms with Gasteiger partial charge < -0.3 is 10.8 Å². The molecule has 82 valence electrons. The highest BCUT2D eigenvalue weighted by Gasteiger charge is 2.12. The van der Waals surface area contributed by atoms with Crippen molar-refractivity contribution in [3.8, 4) is 0 Å². The van der Waals surface area contributed by atoms with E-state index in [4.69, 9.17) is 22.4 Å². The van der Waals surface area contributed by atoms with E-state index in [1.807, 2.05) is 0 Å². The van der Waals surface area contributed by atoms with Crippen LogP contribution in [0, 0.1) is 5.92 Å². The SMILES string of the molecule is CC(C)Cc1cc(C(=O)O)c(Cl)cc1N. The Balaban J connectivity index is 3.17. The molecule has 0 fully saturated rings. The molecule has 0 amide bonds. The Bertz CT molecular complexity index is 388. The van der Waals surface area contributed by atoms with Gasteiger partial charge in [0.2, 0.25) is 0 Å². The summed E-state index contributed by atoms with van der Waals surface area (Å²) in [7, 11) is 0. The van der Waals surface area contributed by atoms with Gasteiger partial charge in [0.25, 0.3) is 0 Å². The Morgan fingerprint density at radius 1 is 1.53 bits per heavy atom. The van der Waals surface area contributed by atoms with Gasteiger partial charge in [0, 0.05) is 5.69 Å². The molecule has 0 atom stereocenters. The second-order valence-electron chi connectivity index (χ2n) is 3.93. The average molecular weight is 228 g/mol. The van der Waals surface area contributed by atoms with Crippen LogP contribution in [-0.4, -0.2) is 11.1 Å². The predicted octanol–water partition coefficient (Wildman–Crippen LogP) is 2.82. The van der Waals surface area contributed by atoms with E-state index in [9.17, 15) is 4.79 Å². The number of nitrogen functional groups attached to an aromatic ring is 1. The minimum atomic E-state index is -1.02. The molecular weight excluding hydrogens is 214 g/mol. The number of aromatic carboxylic acids is 1. The lowest BCUT2D eigenvalue weighted by Crippen LogP contribution is -2.04. The normalized spacial score (nSPS) is 10.7. The Morgan fingerprint density at radius 3 is 2.60 bits per heavy atom. The number of rotatable bonds is 3. The average Bonchev–Trinajstić information content (AvgIpc) is 2.08. The van der Waals surface area contributed by atoms with Gasteiger partial charge in [-0.05, 0) is 30.0 Å². The van der Waals surface area contributed by atoms with E-state index in [1.165, 1.54) is 6.07 Å². The van der Waals surface area contributed by atoms with E-state index in [0.29, 0.717) is 11.6 Å². The summed E-state index contributed by atoms with van der Waals surface area (Å²) in [6, 6.07) is 3.06. The van der Waals surface area contributed by atoms with Gasteiger partial charge in [0.1, 0.15) is 0 Å². The zero-order chi connectivity index (χ0) is 11.6. The van der Waals surface area contributed by atoms with Gasteiger partial charge in [-0.15, -0.1) is 0 Å². The Morgan fingerprint density at radius 2 is 2.13 bits per heavy atom. The van der Waals surface area contributed by atoms with E-state index in [0.717, 1.165) is 12.0 Å². The maximum Gasteiger partial charge on any atom is 0.337 e. The van der Waals surface area contributed by atoms with Crippen LogP contribution in [0.15, 0.2) is 12.1 Å². The molecule has 3 nitrogen and oxygen atoms in total. The molecular formula is C11H14ClNO2. The standard InChI is InChI=1S/C11H14ClNO2/c1-6(2)3-7-4-8(11(14)15)9(12)5-10(7)13/h4-6H,3,13H2,1-2H3,(H,14,15). The second kappa shape index (κ2) is 4.53. The molecule has 1 aromatic carbocycles. The molecule has 0 spiro atoms. The first kappa shape index (κ1) is 11.9. The third-order valence-corrected chi connectivity index (χ3v) is 2.40. The summed E-state index contributed by atoms with van der Waals surface area (Å²) in [4.78, 5) is 10.8. The van der Waals surface area contributed by atoms with Crippen molar-refractivity contribution >= 4 is 23.3 Å². The molecule has 1 rings (SSSR count). The lowest BCUT2D eigenvalue weighted by atomic mass is 9.99. The van der Waals surface area contributed by atoms with E-state index in [2.05, 4.69) is 13.8 Å². The fourth-order valence-corrected chi connectivity index (χ4v) is 1.67. The van der Waals surface area contributed by atoms with E-state index < -0.39 is 5.97 Å².